The van der Waals surface area contributed by atoms with Crippen LogP contribution in [0.4, 0.5) is 5.69 Å². The molecule has 3 heterocycles. The molecule has 0 saturated carbocycles. The Hall–Kier alpha value is -1.89. The minimum absolute atomic E-state index is 0.0822. The van der Waals surface area contributed by atoms with E-state index in [4.69, 9.17) is 0 Å². The van der Waals surface area contributed by atoms with Crippen molar-refractivity contribution in [1.29, 1.82) is 0 Å². The van der Waals surface area contributed by atoms with Gasteiger partial charge < -0.3 is 15.5 Å². The van der Waals surface area contributed by atoms with Crippen molar-refractivity contribution in [2.45, 2.75) is 32.6 Å². The average molecular weight is 347 g/mol. The Morgan fingerprint density at radius 3 is 2.84 bits per heavy atom. The lowest BCUT2D eigenvalue weighted by Gasteiger charge is -2.35. The molecule has 1 aromatic heterocycles. The Labute approximate surface area is 148 Å². The van der Waals surface area contributed by atoms with Crippen LogP contribution < -0.4 is 21.1 Å². The minimum atomic E-state index is -0.269. The molecule has 0 bridgehead atoms. The molecule has 3 rings (SSSR count). The Morgan fingerprint density at radius 1 is 1.44 bits per heavy atom. The van der Waals surface area contributed by atoms with Gasteiger partial charge in [-0.05, 0) is 45.1 Å². The molecule has 2 aliphatic rings. The van der Waals surface area contributed by atoms with Gasteiger partial charge >= 0.3 is 0 Å². The van der Waals surface area contributed by atoms with Gasteiger partial charge in [0.05, 0.1) is 17.3 Å². The maximum Gasteiger partial charge on any atom is 0.268 e. The fraction of sp³-hybridized carbons (Fsp3) is 0.722. The van der Waals surface area contributed by atoms with Crippen LogP contribution in [0.5, 0.6) is 0 Å². The van der Waals surface area contributed by atoms with Gasteiger partial charge in [-0.15, -0.1) is 0 Å². The third kappa shape index (κ3) is 4.21. The number of aromatic nitrogens is 2. The molecule has 0 radical (unpaired) electrons. The van der Waals surface area contributed by atoms with E-state index >= 15 is 0 Å². The second-order valence-electron chi connectivity index (χ2n) is 7.66. The molecule has 25 heavy (non-hydrogen) atoms. The molecule has 7 heteroatoms. The van der Waals surface area contributed by atoms with Crippen molar-refractivity contribution < 1.29 is 4.79 Å². The van der Waals surface area contributed by atoms with Crippen LogP contribution in [-0.4, -0.2) is 48.4 Å². The van der Waals surface area contributed by atoms with E-state index in [1.807, 2.05) is 0 Å². The van der Waals surface area contributed by atoms with Gasteiger partial charge in [-0.1, -0.05) is 0 Å². The van der Waals surface area contributed by atoms with Crippen LogP contribution in [0.1, 0.15) is 32.6 Å². The fourth-order valence-corrected chi connectivity index (χ4v) is 3.73. The molecule has 0 spiro atoms. The first kappa shape index (κ1) is 17.9. The molecule has 2 fully saturated rings. The number of nitrogens with zero attached hydrogens (tertiary/aromatic N) is 3. The number of aryl methyl sites for hydroxylation is 1. The van der Waals surface area contributed by atoms with Crippen LogP contribution in [0.25, 0.3) is 0 Å². The minimum Gasteiger partial charge on any atom is -0.370 e. The van der Waals surface area contributed by atoms with Crippen molar-refractivity contribution in [3.05, 3.63) is 22.6 Å². The molecule has 2 saturated heterocycles. The molecule has 0 aliphatic carbocycles. The number of amides is 1. The lowest BCUT2D eigenvalue weighted by Crippen LogP contribution is -2.50. The topological polar surface area (TPSA) is 79.3 Å². The van der Waals surface area contributed by atoms with Crippen LogP contribution in [0.3, 0.4) is 0 Å². The van der Waals surface area contributed by atoms with Gasteiger partial charge in [0.1, 0.15) is 0 Å². The number of hydrogen-bond donors (Lipinski definition) is 2. The monoisotopic (exact) mass is 347 g/mol. The smallest absolute Gasteiger partial charge is 0.268 e. The second-order valence-corrected chi connectivity index (χ2v) is 7.66. The van der Waals surface area contributed by atoms with Crippen molar-refractivity contribution in [3.63, 3.8) is 0 Å². The van der Waals surface area contributed by atoms with Gasteiger partial charge in [-0.3, -0.25) is 9.59 Å². The first-order valence-electron chi connectivity index (χ1n) is 9.25. The zero-order valence-electron chi connectivity index (χ0n) is 15.3. The highest BCUT2D eigenvalue weighted by molar-refractivity contribution is 5.82. The summed E-state index contributed by atoms with van der Waals surface area (Å²) >= 11 is 0. The van der Waals surface area contributed by atoms with Gasteiger partial charge in [0.15, 0.2) is 0 Å². The molecule has 7 nitrogen and oxygen atoms in total. The van der Waals surface area contributed by atoms with Gasteiger partial charge in [0, 0.05) is 39.3 Å². The molecule has 138 valence electrons. The van der Waals surface area contributed by atoms with Gasteiger partial charge in [-0.25, -0.2) is 4.68 Å². The lowest BCUT2D eigenvalue weighted by molar-refractivity contribution is -0.131. The summed E-state index contributed by atoms with van der Waals surface area (Å²) in [6, 6.07) is 1.64. The van der Waals surface area contributed by atoms with E-state index in [1.54, 1.807) is 19.3 Å². The Balaban J connectivity index is 1.47. The predicted octanol–water partition coefficient (Wildman–Crippen LogP) is 0.503. The van der Waals surface area contributed by atoms with Crippen LogP contribution in [-0.2, 0) is 11.8 Å². The van der Waals surface area contributed by atoms with E-state index in [1.165, 1.54) is 4.68 Å². The number of carbonyl (C=O) groups excluding carboxylic acids is 1. The Morgan fingerprint density at radius 2 is 2.20 bits per heavy atom. The zero-order valence-corrected chi connectivity index (χ0v) is 15.3. The van der Waals surface area contributed by atoms with E-state index in [0.29, 0.717) is 5.92 Å². The van der Waals surface area contributed by atoms with E-state index in [-0.39, 0.29) is 16.9 Å². The van der Waals surface area contributed by atoms with Crippen LogP contribution >= 0.6 is 0 Å². The Kier molecular flexibility index (Phi) is 5.42. The maximum absolute atomic E-state index is 12.5. The van der Waals surface area contributed by atoms with Crippen LogP contribution in [0, 0.1) is 11.3 Å². The van der Waals surface area contributed by atoms with E-state index in [0.717, 1.165) is 64.1 Å². The summed E-state index contributed by atoms with van der Waals surface area (Å²) in [5, 5.41) is 10.6. The highest BCUT2D eigenvalue weighted by Gasteiger charge is 2.34. The summed E-state index contributed by atoms with van der Waals surface area (Å²) in [5.41, 5.74) is 0.543. The number of anilines is 1. The highest BCUT2D eigenvalue weighted by Crippen LogP contribution is 2.26. The summed E-state index contributed by atoms with van der Waals surface area (Å²) in [5.74, 6) is 0.678. The molecule has 1 atom stereocenters. The number of rotatable bonds is 4. The zero-order chi connectivity index (χ0) is 17.9. The van der Waals surface area contributed by atoms with Crippen molar-refractivity contribution in [2.24, 2.45) is 18.4 Å². The first-order chi connectivity index (χ1) is 12.0. The molecule has 0 aromatic carbocycles. The fourth-order valence-electron chi connectivity index (χ4n) is 3.73. The summed E-state index contributed by atoms with van der Waals surface area (Å²) < 4.78 is 1.34. The number of hydrogen-bond acceptors (Lipinski definition) is 5. The van der Waals surface area contributed by atoms with E-state index in [9.17, 15) is 9.59 Å². The molecule has 1 aromatic rings. The SMILES string of the molecule is Cn1ncc(N2CCC(CNC(=O)[C@@]3(C)CCCNC3)CC2)cc1=O. The number of piperidine rings is 2. The van der Waals surface area contributed by atoms with Gasteiger partial charge in [-0.2, -0.15) is 5.10 Å². The van der Waals surface area contributed by atoms with E-state index < -0.39 is 0 Å². The quantitative estimate of drug-likeness (QED) is 0.829. The second kappa shape index (κ2) is 7.56. The van der Waals surface area contributed by atoms with Crippen LogP contribution in [0.2, 0.25) is 0 Å². The summed E-state index contributed by atoms with van der Waals surface area (Å²) in [7, 11) is 1.66. The number of nitrogens with one attached hydrogen (secondary N) is 2. The summed E-state index contributed by atoms with van der Waals surface area (Å²) in [6.45, 7) is 6.38. The lowest BCUT2D eigenvalue weighted by atomic mass is 9.81. The average Bonchev–Trinajstić information content (AvgIpc) is 2.63. The van der Waals surface area contributed by atoms with Crippen molar-refractivity contribution in [1.82, 2.24) is 20.4 Å². The van der Waals surface area contributed by atoms with Crippen molar-refractivity contribution >= 4 is 11.6 Å². The van der Waals surface area contributed by atoms with Crippen molar-refractivity contribution in [2.75, 3.05) is 37.6 Å². The maximum atomic E-state index is 12.5. The molecular formula is C18H29N5O2. The van der Waals surface area contributed by atoms with Gasteiger partial charge in [0.2, 0.25) is 5.91 Å². The standard InChI is InChI=1S/C18H29N5O2/c1-18(6-3-7-19-13-18)17(25)20-11-14-4-8-23(9-5-14)15-10-16(24)22(2)21-12-15/h10,12,14,19H,3-9,11,13H2,1-2H3,(H,20,25)/t18-/m0/s1. The molecule has 1 amide bonds. The number of carbonyl (C=O) groups is 1. The molecular weight excluding hydrogens is 318 g/mol. The van der Waals surface area contributed by atoms with Gasteiger partial charge in [0.25, 0.3) is 5.56 Å². The first-order valence-corrected chi connectivity index (χ1v) is 9.25. The molecule has 2 aliphatic heterocycles. The normalized spacial score (nSPS) is 25.0. The van der Waals surface area contributed by atoms with Crippen molar-refractivity contribution in [3.8, 4) is 0 Å². The largest absolute Gasteiger partial charge is 0.370 e. The molecule has 2 N–H and O–H groups in total. The van der Waals surface area contributed by atoms with Crippen LogP contribution in [0.15, 0.2) is 17.1 Å². The third-order valence-corrected chi connectivity index (χ3v) is 5.63. The summed E-state index contributed by atoms with van der Waals surface area (Å²) in [4.78, 5) is 26.4. The third-order valence-electron chi connectivity index (χ3n) is 5.63. The summed E-state index contributed by atoms with van der Waals surface area (Å²) in [6.07, 6.45) is 5.81. The predicted molar refractivity (Wildman–Crippen MR) is 97.6 cm³/mol. The molecule has 0 unspecified atom stereocenters. The van der Waals surface area contributed by atoms with E-state index in [2.05, 4.69) is 27.6 Å². The highest BCUT2D eigenvalue weighted by atomic mass is 16.2. The Bertz CT molecular complexity index is 658.